The second kappa shape index (κ2) is 5.79. The van der Waals surface area contributed by atoms with Gasteiger partial charge in [-0.05, 0) is 12.8 Å². The molecule has 0 saturated carbocycles. The highest BCUT2D eigenvalue weighted by Crippen LogP contribution is 1.95. The van der Waals surface area contributed by atoms with Gasteiger partial charge >= 0.3 is 0 Å². The Hall–Kier alpha value is -1.66. The van der Waals surface area contributed by atoms with Crippen molar-refractivity contribution in [3.63, 3.8) is 0 Å². The highest BCUT2D eigenvalue weighted by Gasteiger charge is 2.11. The summed E-state index contributed by atoms with van der Waals surface area (Å²) in [5.74, 6) is -0.336. The number of nitrogens with two attached hydrogens (primary N) is 1. The summed E-state index contributed by atoms with van der Waals surface area (Å²) < 4.78 is 0. The summed E-state index contributed by atoms with van der Waals surface area (Å²) in [6.45, 7) is 0.129. The first-order chi connectivity index (χ1) is 8.72. The minimum atomic E-state index is -0.849. The van der Waals surface area contributed by atoms with Crippen LogP contribution < -0.4 is 21.6 Å². The van der Waals surface area contributed by atoms with Crippen LogP contribution in [0.15, 0.2) is 0 Å². The molecule has 0 saturated heterocycles. The van der Waals surface area contributed by atoms with Crippen molar-refractivity contribution in [1.29, 1.82) is 0 Å². The Balaban J connectivity index is 1.92. The first-order valence-corrected chi connectivity index (χ1v) is 6.10. The first kappa shape index (κ1) is 12.8. The van der Waals surface area contributed by atoms with E-state index in [4.69, 9.17) is 10.8 Å². The largest absolute Gasteiger partial charge is 0.394 e. The molecular formula is C12H18N4O2. The van der Waals surface area contributed by atoms with Crippen molar-refractivity contribution in [2.75, 3.05) is 13.2 Å². The number of aliphatic hydroxyl groups excluding tert-OH is 1. The molecule has 6 heteroatoms. The standard InChI is InChI=1S/C12H18N4O2/c13-9(7-17)12(18)14-6-5-11-8-3-1-2-4-10(8)15-16-11/h3-4,9,15,17H,1-2,5-7,13H2,(H,14,18). The van der Waals surface area contributed by atoms with Crippen LogP contribution in [0.4, 0.5) is 0 Å². The van der Waals surface area contributed by atoms with E-state index in [1.165, 1.54) is 0 Å². The van der Waals surface area contributed by atoms with Crippen molar-refractivity contribution in [3.05, 3.63) is 16.3 Å². The van der Waals surface area contributed by atoms with Gasteiger partial charge in [-0.15, -0.1) is 0 Å². The van der Waals surface area contributed by atoms with Gasteiger partial charge in [0, 0.05) is 18.2 Å². The van der Waals surface area contributed by atoms with Crippen molar-refractivity contribution in [1.82, 2.24) is 15.5 Å². The van der Waals surface area contributed by atoms with Crippen LogP contribution in [0.1, 0.15) is 18.5 Å². The molecular weight excluding hydrogens is 232 g/mol. The molecule has 5 N–H and O–H groups in total. The number of H-pyrrole nitrogens is 1. The molecule has 1 atom stereocenters. The Bertz CT molecular complexity index is 535. The molecule has 0 radical (unpaired) electrons. The van der Waals surface area contributed by atoms with Crippen molar-refractivity contribution in [3.8, 4) is 0 Å². The summed E-state index contributed by atoms with van der Waals surface area (Å²) in [6.07, 6.45) is 7.01. The quantitative estimate of drug-likeness (QED) is 0.473. The van der Waals surface area contributed by atoms with Gasteiger partial charge in [-0.1, -0.05) is 12.2 Å². The van der Waals surface area contributed by atoms with Crippen LogP contribution in [0.25, 0.3) is 12.2 Å². The number of fused-ring (bicyclic) bond motifs is 1. The lowest BCUT2D eigenvalue weighted by Crippen LogP contribution is -2.43. The SMILES string of the molecule is NC(CO)C(=O)NCCc1n[nH]c2c1=CCCC=2. The lowest BCUT2D eigenvalue weighted by atomic mass is 10.1. The number of hydrogen-bond acceptors (Lipinski definition) is 4. The fourth-order valence-electron chi connectivity index (χ4n) is 1.95. The van der Waals surface area contributed by atoms with Gasteiger partial charge in [0.25, 0.3) is 0 Å². The summed E-state index contributed by atoms with van der Waals surface area (Å²) >= 11 is 0. The van der Waals surface area contributed by atoms with Gasteiger partial charge in [-0.2, -0.15) is 5.10 Å². The molecule has 0 aliphatic heterocycles. The molecule has 1 amide bonds. The zero-order chi connectivity index (χ0) is 13.0. The van der Waals surface area contributed by atoms with Gasteiger partial charge < -0.3 is 16.2 Å². The molecule has 1 aromatic heterocycles. The summed E-state index contributed by atoms with van der Waals surface area (Å²) in [6, 6.07) is -0.849. The third-order valence-electron chi connectivity index (χ3n) is 2.97. The molecule has 1 heterocycles. The van der Waals surface area contributed by atoms with Crippen LogP contribution >= 0.6 is 0 Å². The van der Waals surface area contributed by atoms with E-state index in [-0.39, 0.29) is 12.5 Å². The third kappa shape index (κ3) is 2.77. The third-order valence-corrected chi connectivity index (χ3v) is 2.97. The van der Waals surface area contributed by atoms with E-state index in [9.17, 15) is 4.79 Å². The molecule has 1 aromatic rings. The highest BCUT2D eigenvalue weighted by molar-refractivity contribution is 5.81. The van der Waals surface area contributed by atoms with E-state index < -0.39 is 6.04 Å². The van der Waals surface area contributed by atoms with Crippen molar-refractivity contribution >= 4 is 18.1 Å². The lowest BCUT2D eigenvalue weighted by Gasteiger charge is -2.08. The Kier molecular flexibility index (Phi) is 4.11. The average Bonchev–Trinajstić information content (AvgIpc) is 2.81. The topological polar surface area (TPSA) is 104 Å². The average molecular weight is 250 g/mol. The molecule has 6 nitrogen and oxygen atoms in total. The molecule has 2 rings (SSSR count). The zero-order valence-corrected chi connectivity index (χ0v) is 10.1. The predicted octanol–water partition coefficient (Wildman–Crippen LogP) is -2.26. The maximum absolute atomic E-state index is 11.4. The van der Waals surface area contributed by atoms with E-state index in [2.05, 4.69) is 27.7 Å². The first-order valence-electron chi connectivity index (χ1n) is 6.10. The van der Waals surface area contributed by atoms with Crippen LogP contribution in [0, 0.1) is 0 Å². The van der Waals surface area contributed by atoms with Crippen LogP contribution in [0.5, 0.6) is 0 Å². The molecule has 1 unspecified atom stereocenters. The van der Waals surface area contributed by atoms with Gasteiger partial charge in [0.15, 0.2) is 0 Å². The molecule has 0 spiro atoms. The number of amides is 1. The number of nitrogens with zero attached hydrogens (tertiary/aromatic N) is 1. The van der Waals surface area contributed by atoms with Crippen molar-refractivity contribution < 1.29 is 9.90 Å². The molecule has 1 aliphatic rings. The van der Waals surface area contributed by atoms with Crippen LogP contribution in [0.2, 0.25) is 0 Å². The Morgan fingerprint density at radius 2 is 2.33 bits per heavy atom. The number of aliphatic hydroxyl groups is 1. The van der Waals surface area contributed by atoms with Crippen LogP contribution in [-0.4, -0.2) is 40.4 Å². The molecule has 0 fully saturated rings. The molecule has 1 aliphatic carbocycles. The summed E-state index contributed by atoms with van der Waals surface area (Å²) in [5.41, 5.74) is 6.35. The summed E-state index contributed by atoms with van der Waals surface area (Å²) in [7, 11) is 0. The monoisotopic (exact) mass is 250 g/mol. The Morgan fingerprint density at radius 1 is 1.56 bits per heavy atom. The van der Waals surface area contributed by atoms with E-state index in [0.717, 1.165) is 29.1 Å². The van der Waals surface area contributed by atoms with Gasteiger partial charge in [0.2, 0.25) is 5.91 Å². The number of rotatable bonds is 5. The minimum absolute atomic E-state index is 0.336. The second-order valence-electron chi connectivity index (χ2n) is 4.31. The fourth-order valence-corrected chi connectivity index (χ4v) is 1.95. The number of carbonyl (C=O) groups is 1. The number of hydrogen-bond donors (Lipinski definition) is 4. The maximum Gasteiger partial charge on any atom is 0.239 e. The molecule has 0 bridgehead atoms. The maximum atomic E-state index is 11.4. The summed E-state index contributed by atoms with van der Waals surface area (Å²) in [4.78, 5) is 11.4. The normalized spacial score (nSPS) is 15.2. The predicted molar refractivity (Wildman–Crippen MR) is 67.8 cm³/mol. The van der Waals surface area contributed by atoms with Gasteiger partial charge in [0.05, 0.1) is 17.6 Å². The number of carbonyl (C=O) groups excluding carboxylic acids is 1. The van der Waals surface area contributed by atoms with Gasteiger partial charge in [-0.25, -0.2) is 0 Å². The van der Waals surface area contributed by atoms with E-state index in [1.54, 1.807) is 0 Å². The minimum Gasteiger partial charge on any atom is -0.394 e. The van der Waals surface area contributed by atoms with Gasteiger partial charge in [-0.3, -0.25) is 9.89 Å². The van der Waals surface area contributed by atoms with E-state index in [1.807, 2.05) is 0 Å². The van der Waals surface area contributed by atoms with Crippen molar-refractivity contribution in [2.45, 2.75) is 25.3 Å². The Morgan fingerprint density at radius 3 is 3.11 bits per heavy atom. The fraction of sp³-hybridized carbons (Fsp3) is 0.500. The molecule has 0 aromatic carbocycles. The zero-order valence-electron chi connectivity index (χ0n) is 10.1. The molecule has 18 heavy (non-hydrogen) atoms. The van der Waals surface area contributed by atoms with Crippen LogP contribution in [0.3, 0.4) is 0 Å². The van der Waals surface area contributed by atoms with E-state index in [0.29, 0.717) is 13.0 Å². The Labute approximate surface area is 105 Å². The lowest BCUT2D eigenvalue weighted by molar-refractivity contribution is -0.123. The number of aromatic nitrogens is 2. The smallest absolute Gasteiger partial charge is 0.239 e. The number of aromatic amines is 1. The van der Waals surface area contributed by atoms with Gasteiger partial charge in [0.1, 0.15) is 6.04 Å². The highest BCUT2D eigenvalue weighted by atomic mass is 16.3. The van der Waals surface area contributed by atoms with Crippen molar-refractivity contribution in [2.24, 2.45) is 5.73 Å². The molecule has 98 valence electrons. The number of nitrogens with one attached hydrogen (secondary N) is 2. The van der Waals surface area contributed by atoms with E-state index >= 15 is 0 Å². The summed E-state index contributed by atoms with van der Waals surface area (Å²) in [5, 5.41) is 20.8. The van der Waals surface area contributed by atoms with Crippen LogP contribution in [-0.2, 0) is 11.2 Å². The second-order valence-corrected chi connectivity index (χ2v) is 4.31.